The Balaban J connectivity index is 1.56. The van der Waals surface area contributed by atoms with Gasteiger partial charge in [-0.25, -0.2) is 14.5 Å². The van der Waals surface area contributed by atoms with Gasteiger partial charge in [-0.3, -0.25) is 0 Å². The highest BCUT2D eigenvalue weighted by Crippen LogP contribution is 2.39. The standard InChI is InChI=1S/C32H27N3O4/c1-38-27-16-15-21(18-28(27)39-2)30-22(19-35(34-30)23-10-4-3-5-11-23)17-20-9-8-13-25-29(32(36)37)24-12-6-7-14-26(24)33-31(20)25/h3-7,10-12,14-19H,8-9,13H2,1-2H3,(H,36,37). The maximum Gasteiger partial charge on any atom is 0.336 e. The molecule has 2 aromatic heterocycles. The van der Waals surface area contributed by atoms with Crippen LogP contribution in [-0.2, 0) is 6.42 Å². The highest BCUT2D eigenvalue weighted by molar-refractivity contribution is 6.06. The Morgan fingerprint density at radius 3 is 2.46 bits per heavy atom. The molecule has 0 aliphatic heterocycles. The number of carbonyl (C=O) groups is 1. The van der Waals surface area contributed by atoms with Crippen LogP contribution in [0.3, 0.4) is 0 Å². The van der Waals surface area contributed by atoms with Crippen molar-refractivity contribution in [3.05, 3.63) is 101 Å². The number of para-hydroxylation sites is 2. The zero-order chi connectivity index (χ0) is 26.9. The molecule has 0 amide bonds. The molecule has 7 nitrogen and oxygen atoms in total. The van der Waals surface area contributed by atoms with Crippen molar-refractivity contribution in [3.8, 4) is 28.4 Å². The molecular weight excluding hydrogens is 490 g/mol. The predicted molar refractivity (Wildman–Crippen MR) is 152 cm³/mol. The molecular formula is C32H27N3O4. The van der Waals surface area contributed by atoms with E-state index < -0.39 is 5.97 Å². The van der Waals surface area contributed by atoms with Crippen molar-refractivity contribution in [1.82, 2.24) is 14.8 Å². The molecule has 0 fully saturated rings. The molecule has 0 radical (unpaired) electrons. The monoisotopic (exact) mass is 517 g/mol. The van der Waals surface area contributed by atoms with E-state index in [0.717, 1.165) is 52.2 Å². The van der Waals surface area contributed by atoms with Gasteiger partial charge in [-0.1, -0.05) is 36.4 Å². The summed E-state index contributed by atoms with van der Waals surface area (Å²) in [7, 11) is 3.22. The van der Waals surface area contributed by atoms with Gasteiger partial charge >= 0.3 is 5.97 Å². The molecule has 1 N–H and O–H groups in total. The van der Waals surface area contributed by atoms with Gasteiger partial charge in [0.1, 0.15) is 5.69 Å². The first-order valence-corrected chi connectivity index (χ1v) is 12.8. The van der Waals surface area contributed by atoms with E-state index in [1.807, 2.05) is 83.7 Å². The van der Waals surface area contributed by atoms with Gasteiger partial charge in [0.05, 0.1) is 36.7 Å². The molecule has 0 atom stereocenters. The summed E-state index contributed by atoms with van der Waals surface area (Å²) < 4.78 is 12.9. The van der Waals surface area contributed by atoms with Crippen LogP contribution >= 0.6 is 0 Å². The van der Waals surface area contributed by atoms with Crippen molar-refractivity contribution in [2.45, 2.75) is 19.3 Å². The topological polar surface area (TPSA) is 86.5 Å². The number of carboxylic acid groups (broad SMARTS) is 1. The Hall–Kier alpha value is -4.91. The third-order valence-electron chi connectivity index (χ3n) is 7.13. The molecule has 1 aliphatic rings. The van der Waals surface area contributed by atoms with E-state index in [-0.39, 0.29) is 0 Å². The zero-order valence-electron chi connectivity index (χ0n) is 21.7. The fraction of sp³-hybridized carbons (Fsp3) is 0.156. The first-order chi connectivity index (χ1) is 19.1. The number of methoxy groups -OCH3 is 2. The van der Waals surface area contributed by atoms with E-state index in [2.05, 4.69) is 6.08 Å². The summed E-state index contributed by atoms with van der Waals surface area (Å²) in [5, 5.41) is 15.8. The van der Waals surface area contributed by atoms with Crippen molar-refractivity contribution in [2.24, 2.45) is 0 Å². The summed E-state index contributed by atoms with van der Waals surface area (Å²) in [6.45, 7) is 0. The number of allylic oxidation sites excluding steroid dienone is 1. The quantitative estimate of drug-likeness (QED) is 0.270. The first-order valence-electron chi connectivity index (χ1n) is 12.8. The number of fused-ring (bicyclic) bond motifs is 2. The number of ether oxygens (including phenoxy) is 2. The minimum Gasteiger partial charge on any atom is -0.493 e. The van der Waals surface area contributed by atoms with Crippen molar-refractivity contribution in [3.63, 3.8) is 0 Å². The number of carboxylic acids is 1. The lowest BCUT2D eigenvalue weighted by molar-refractivity contribution is 0.0697. The van der Waals surface area contributed by atoms with Crippen molar-refractivity contribution < 1.29 is 19.4 Å². The summed E-state index contributed by atoms with van der Waals surface area (Å²) in [5.41, 5.74) is 7.07. The van der Waals surface area contributed by atoms with Crippen LogP contribution in [-0.4, -0.2) is 40.1 Å². The molecule has 6 rings (SSSR count). The van der Waals surface area contributed by atoms with Gasteiger partial charge in [0.15, 0.2) is 11.5 Å². The number of benzene rings is 3. The van der Waals surface area contributed by atoms with E-state index in [1.54, 1.807) is 14.2 Å². The smallest absolute Gasteiger partial charge is 0.336 e. The number of aromatic nitrogens is 3. The molecule has 0 saturated carbocycles. The molecule has 2 heterocycles. The van der Waals surface area contributed by atoms with E-state index in [9.17, 15) is 9.90 Å². The average molecular weight is 518 g/mol. The van der Waals surface area contributed by atoms with Crippen LogP contribution < -0.4 is 9.47 Å². The highest BCUT2D eigenvalue weighted by Gasteiger charge is 2.25. The lowest BCUT2D eigenvalue weighted by atomic mass is 9.86. The molecule has 1 aliphatic carbocycles. The van der Waals surface area contributed by atoms with Gasteiger partial charge in [0.25, 0.3) is 0 Å². The number of pyridine rings is 1. The van der Waals surface area contributed by atoms with Gasteiger partial charge in [-0.15, -0.1) is 0 Å². The Bertz CT molecular complexity index is 1740. The van der Waals surface area contributed by atoms with Crippen LogP contribution in [0.4, 0.5) is 0 Å². The summed E-state index contributed by atoms with van der Waals surface area (Å²) in [6.07, 6.45) is 6.42. The molecule has 7 heteroatoms. The fourth-order valence-electron chi connectivity index (χ4n) is 5.32. The zero-order valence-corrected chi connectivity index (χ0v) is 21.7. The third-order valence-corrected chi connectivity index (χ3v) is 7.13. The Kier molecular flexibility index (Phi) is 6.32. The van der Waals surface area contributed by atoms with Crippen LogP contribution in [0.2, 0.25) is 0 Å². The van der Waals surface area contributed by atoms with E-state index in [4.69, 9.17) is 19.6 Å². The number of aromatic carboxylic acids is 1. The molecule has 0 bridgehead atoms. The van der Waals surface area contributed by atoms with E-state index in [1.165, 1.54) is 0 Å². The largest absolute Gasteiger partial charge is 0.493 e. The van der Waals surface area contributed by atoms with Gasteiger partial charge in [0.2, 0.25) is 0 Å². The SMILES string of the molecule is COc1ccc(-c2nn(-c3ccccc3)cc2C=C2CCCc3c2nc2ccccc2c3C(=O)O)cc1OC. The van der Waals surface area contributed by atoms with Crippen molar-refractivity contribution >= 4 is 28.5 Å². The van der Waals surface area contributed by atoms with E-state index >= 15 is 0 Å². The van der Waals surface area contributed by atoms with E-state index in [0.29, 0.717) is 34.4 Å². The number of hydrogen-bond acceptors (Lipinski definition) is 5. The predicted octanol–water partition coefficient (Wildman–Crippen LogP) is 6.68. The maximum absolute atomic E-state index is 12.4. The first kappa shape index (κ1) is 24.4. The van der Waals surface area contributed by atoms with Crippen LogP contribution in [0.25, 0.3) is 39.5 Å². The molecule has 5 aromatic rings. The van der Waals surface area contributed by atoms with Crippen LogP contribution in [0.1, 0.15) is 40.0 Å². The second-order valence-electron chi connectivity index (χ2n) is 9.44. The van der Waals surface area contributed by atoms with Gasteiger partial charge in [-0.05, 0) is 72.9 Å². The lowest BCUT2D eigenvalue weighted by Gasteiger charge is -2.21. The van der Waals surface area contributed by atoms with Gasteiger partial charge in [0, 0.05) is 22.7 Å². The van der Waals surface area contributed by atoms with Gasteiger partial charge in [-0.2, -0.15) is 5.10 Å². The summed E-state index contributed by atoms with van der Waals surface area (Å²) >= 11 is 0. The van der Waals surface area contributed by atoms with Crippen LogP contribution in [0.15, 0.2) is 79.0 Å². The molecule has 3 aromatic carbocycles. The van der Waals surface area contributed by atoms with Gasteiger partial charge < -0.3 is 14.6 Å². The second-order valence-corrected chi connectivity index (χ2v) is 9.44. The number of nitrogens with zero attached hydrogens (tertiary/aromatic N) is 3. The van der Waals surface area contributed by atoms with Crippen LogP contribution in [0, 0.1) is 0 Å². The average Bonchev–Trinajstić information content (AvgIpc) is 3.40. The lowest BCUT2D eigenvalue weighted by Crippen LogP contribution is -2.13. The third kappa shape index (κ3) is 4.42. The normalized spacial score (nSPS) is 13.8. The molecule has 39 heavy (non-hydrogen) atoms. The van der Waals surface area contributed by atoms with Crippen molar-refractivity contribution in [1.29, 1.82) is 0 Å². The Morgan fingerprint density at radius 2 is 1.69 bits per heavy atom. The molecule has 0 spiro atoms. The Morgan fingerprint density at radius 1 is 0.923 bits per heavy atom. The molecule has 194 valence electrons. The van der Waals surface area contributed by atoms with Crippen LogP contribution in [0.5, 0.6) is 11.5 Å². The summed E-state index contributed by atoms with van der Waals surface area (Å²) in [6, 6.07) is 23.1. The second kappa shape index (κ2) is 10.1. The molecule has 0 saturated heterocycles. The number of hydrogen-bond donors (Lipinski definition) is 1. The molecule has 0 unspecified atom stereocenters. The minimum atomic E-state index is -0.922. The minimum absolute atomic E-state index is 0.348. The fourth-order valence-corrected chi connectivity index (χ4v) is 5.32. The van der Waals surface area contributed by atoms with Crippen molar-refractivity contribution in [2.75, 3.05) is 14.2 Å². The highest BCUT2D eigenvalue weighted by atomic mass is 16.5. The summed E-state index contributed by atoms with van der Waals surface area (Å²) in [4.78, 5) is 17.3. The number of rotatable bonds is 6. The maximum atomic E-state index is 12.4. The Labute approximate surface area is 226 Å². The summed E-state index contributed by atoms with van der Waals surface area (Å²) in [5.74, 6) is 0.334.